The van der Waals surface area contributed by atoms with Crippen molar-refractivity contribution in [3.8, 4) is 0 Å². The minimum absolute atomic E-state index is 0.102. The Hall–Kier alpha value is -0.940. The lowest BCUT2D eigenvalue weighted by Crippen LogP contribution is -2.37. The lowest BCUT2D eigenvalue weighted by molar-refractivity contribution is -0.123. The van der Waals surface area contributed by atoms with Crippen LogP contribution in [-0.4, -0.2) is 23.5 Å². The van der Waals surface area contributed by atoms with Gasteiger partial charge in [0.05, 0.1) is 6.04 Å². The minimum atomic E-state index is 0.102. The van der Waals surface area contributed by atoms with Crippen LogP contribution in [0.2, 0.25) is 0 Å². The third kappa shape index (κ3) is 5.78. The molecule has 146 valence electrons. The highest BCUT2D eigenvalue weighted by molar-refractivity contribution is 7.09. The van der Waals surface area contributed by atoms with Gasteiger partial charge >= 0.3 is 0 Å². The summed E-state index contributed by atoms with van der Waals surface area (Å²) in [5, 5.41) is 10.2. The Kier molecular flexibility index (Phi) is 7.50. The number of hydrogen-bond acceptors (Lipinski definition) is 4. The van der Waals surface area contributed by atoms with Crippen LogP contribution in [0.25, 0.3) is 0 Å². The first-order chi connectivity index (χ1) is 12.6. The van der Waals surface area contributed by atoms with Crippen molar-refractivity contribution in [2.75, 3.05) is 6.54 Å². The Morgan fingerprint density at radius 3 is 2.54 bits per heavy atom. The standard InChI is InChI=1S/C21H35N3OS/c1-15(2)13-19(25)24-20(21-22-11-12-26-21)17-9-7-16(8-10-17)14-23-18-5-3-4-6-18/h11-12,15-18,20,23H,3-10,13-14H2,1-2H3,(H,24,25). The van der Waals surface area contributed by atoms with Gasteiger partial charge in [-0.3, -0.25) is 4.79 Å². The quantitative estimate of drug-likeness (QED) is 0.691. The Labute approximate surface area is 162 Å². The number of carbonyl (C=O) groups is 1. The highest BCUT2D eigenvalue weighted by Crippen LogP contribution is 2.37. The summed E-state index contributed by atoms with van der Waals surface area (Å²) in [7, 11) is 0. The number of nitrogens with one attached hydrogen (secondary N) is 2. The normalized spacial score (nSPS) is 25.5. The van der Waals surface area contributed by atoms with E-state index in [9.17, 15) is 4.79 Å². The molecule has 1 amide bonds. The van der Waals surface area contributed by atoms with Crippen LogP contribution in [0.4, 0.5) is 0 Å². The van der Waals surface area contributed by atoms with E-state index in [-0.39, 0.29) is 11.9 Å². The van der Waals surface area contributed by atoms with Crippen molar-refractivity contribution >= 4 is 17.2 Å². The number of amides is 1. The van der Waals surface area contributed by atoms with E-state index in [0.717, 1.165) is 17.0 Å². The van der Waals surface area contributed by atoms with Gasteiger partial charge in [0.25, 0.3) is 0 Å². The zero-order valence-electron chi connectivity index (χ0n) is 16.4. The summed E-state index contributed by atoms with van der Waals surface area (Å²) in [5.41, 5.74) is 0. The molecule has 0 aliphatic heterocycles. The van der Waals surface area contributed by atoms with Crippen molar-refractivity contribution in [3.63, 3.8) is 0 Å². The molecule has 0 radical (unpaired) electrons. The molecule has 1 aromatic heterocycles. The van der Waals surface area contributed by atoms with Crippen LogP contribution in [0.15, 0.2) is 11.6 Å². The molecule has 0 aromatic carbocycles. The van der Waals surface area contributed by atoms with E-state index in [1.165, 1.54) is 57.9 Å². The molecule has 5 heteroatoms. The van der Waals surface area contributed by atoms with Crippen molar-refractivity contribution in [2.45, 2.75) is 83.7 Å². The molecule has 1 atom stereocenters. The topological polar surface area (TPSA) is 54.0 Å². The Morgan fingerprint density at radius 1 is 1.19 bits per heavy atom. The SMILES string of the molecule is CC(C)CC(=O)NC(c1nccs1)C1CCC(CNC2CCCC2)CC1. The summed E-state index contributed by atoms with van der Waals surface area (Å²) in [4.78, 5) is 16.9. The van der Waals surface area contributed by atoms with E-state index >= 15 is 0 Å². The minimum Gasteiger partial charge on any atom is -0.347 e. The van der Waals surface area contributed by atoms with E-state index in [4.69, 9.17) is 0 Å². The summed E-state index contributed by atoms with van der Waals surface area (Å²) >= 11 is 1.68. The lowest BCUT2D eigenvalue weighted by atomic mass is 9.78. The van der Waals surface area contributed by atoms with E-state index in [1.807, 2.05) is 11.6 Å². The number of aromatic nitrogens is 1. The van der Waals surface area contributed by atoms with Crippen LogP contribution in [0.3, 0.4) is 0 Å². The van der Waals surface area contributed by atoms with Crippen molar-refractivity contribution < 1.29 is 4.79 Å². The summed E-state index contributed by atoms with van der Waals surface area (Å²) < 4.78 is 0. The molecule has 2 aliphatic rings. The third-order valence-electron chi connectivity index (χ3n) is 6.04. The van der Waals surface area contributed by atoms with Gasteiger partial charge in [0.1, 0.15) is 5.01 Å². The monoisotopic (exact) mass is 377 g/mol. The molecule has 0 spiro atoms. The third-order valence-corrected chi connectivity index (χ3v) is 6.90. The number of hydrogen-bond donors (Lipinski definition) is 2. The van der Waals surface area contributed by atoms with Gasteiger partial charge in [-0.25, -0.2) is 4.98 Å². The average Bonchev–Trinajstić information content (AvgIpc) is 3.31. The summed E-state index contributed by atoms with van der Waals surface area (Å²) in [6.07, 6.45) is 12.9. The molecule has 26 heavy (non-hydrogen) atoms. The van der Waals surface area contributed by atoms with Gasteiger partial charge in [0.15, 0.2) is 0 Å². The van der Waals surface area contributed by atoms with Crippen LogP contribution in [-0.2, 0) is 4.79 Å². The maximum Gasteiger partial charge on any atom is 0.220 e. The number of thiazole rings is 1. The van der Waals surface area contributed by atoms with Gasteiger partial charge in [0.2, 0.25) is 5.91 Å². The summed E-state index contributed by atoms with van der Waals surface area (Å²) in [6, 6.07) is 0.871. The number of nitrogens with zero attached hydrogens (tertiary/aromatic N) is 1. The van der Waals surface area contributed by atoms with E-state index < -0.39 is 0 Å². The number of rotatable bonds is 8. The molecular weight excluding hydrogens is 342 g/mol. The molecule has 2 aliphatic carbocycles. The zero-order valence-corrected chi connectivity index (χ0v) is 17.2. The van der Waals surface area contributed by atoms with E-state index in [1.54, 1.807) is 11.3 Å². The predicted molar refractivity (Wildman–Crippen MR) is 108 cm³/mol. The second-order valence-corrected chi connectivity index (χ2v) is 9.61. The smallest absolute Gasteiger partial charge is 0.220 e. The highest BCUT2D eigenvalue weighted by atomic mass is 32.1. The summed E-state index contributed by atoms with van der Waals surface area (Å²) in [5.74, 6) is 1.89. The van der Waals surface area contributed by atoms with Gasteiger partial charge in [-0.1, -0.05) is 26.7 Å². The predicted octanol–water partition coefficient (Wildman–Crippen LogP) is 4.69. The second-order valence-electron chi connectivity index (χ2n) is 8.68. The largest absolute Gasteiger partial charge is 0.347 e. The molecule has 1 heterocycles. The molecule has 2 N–H and O–H groups in total. The lowest BCUT2D eigenvalue weighted by Gasteiger charge is -2.34. The van der Waals surface area contributed by atoms with Crippen LogP contribution in [0, 0.1) is 17.8 Å². The molecular formula is C21H35N3OS. The Bertz CT molecular complexity index is 531. The second kappa shape index (κ2) is 9.84. The molecule has 1 unspecified atom stereocenters. The first-order valence-electron chi connectivity index (χ1n) is 10.5. The van der Waals surface area contributed by atoms with Crippen LogP contribution >= 0.6 is 11.3 Å². The van der Waals surface area contributed by atoms with Crippen LogP contribution in [0.5, 0.6) is 0 Å². The fraction of sp³-hybridized carbons (Fsp3) is 0.810. The molecule has 0 saturated heterocycles. The maximum absolute atomic E-state index is 12.4. The summed E-state index contributed by atoms with van der Waals surface area (Å²) in [6.45, 7) is 5.38. The molecule has 1 aromatic rings. The van der Waals surface area contributed by atoms with Crippen molar-refractivity contribution in [1.29, 1.82) is 0 Å². The maximum atomic E-state index is 12.4. The fourth-order valence-electron chi connectivity index (χ4n) is 4.56. The highest BCUT2D eigenvalue weighted by Gasteiger charge is 2.31. The number of carbonyl (C=O) groups excluding carboxylic acids is 1. The molecule has 3 rings (SSSR count). The Balaban J connectivity index is 1.50. The average molecular weight is 378 g/mol. The van der Waals surface area contributed by atoms with Gasteiger partial charge in [-0.05, 0) is 62.8 Å². The van der Waals surface area contributed by atoms with Crippen LogP contribution < -0.4 is 10.6 Å². The van der Waals surface area contributed by atoms with E-state index in [2.05, 4.69) is 29.5 Å². The first-order valence-corrected chi connectivity index (χ1v) is 11.4. The van der Waals surface area contributed by atoms with E-state index in [0.29, 0.717) is 18.3 Å². The fourth-order valence-corrected chi connectivity index (χ4v) is 5.34. The van der Waals surface area contributed by atoms with Gasteiger partial charge in [-0.15, -0.1) is 11.3 Å². The Morgan fingerprint density at radius 2 is 1.92 bits per heavy atom. The first kappa shape index (κ1) is 19.8. The van der Waals surface area contributed by atoms with Crippen molar-refractivity contribution in [1.82, 2.24) is 15.6 Å². The van der Waals surface area contributed by atoms with Crippen molar-refractivity contribution in [2.24, 2.45) is 17.8 Å². The zero-order chi connectivity index (χ0) is 18.4. The van der Waals surface area contributed by atoms with Gasteiger partial charge < -0.3 is 10.6 Å². The molecule has 4 nitrogen and oxygen atoms in total. The molecule has 2 fully saturated rings. The molecule has 2 saturated carbocycles. The van der Waals surface area contributed by atoms with Crippen molar-refractivity contribution in [3.05, 3.63) is 16.6 Å². The van der Waals surface area contributed by atoms with Gasteiger partial charge in [-0.2, -0.15) is 0 Å². The van der Waals surface area contributed by atoms with Crippen LogP contribution in [0.1, 0.15) is 82.7 Å². The molecule has 0 bridgehead atoms. The van der Waals surface area contributed by atoms with Gasteiger partial charge in [0, 0.05) is 24.0 Å².